The van der Waals surface area contributed by atoms with E-state index >= 15 is 0 Å². The summed E-state index contributed by atoms with van der Waals surface area (Å²) in [5.41, 5.74) is 1.97. The first-order chi connectivity index (χ1) is 9.51. The molecule has 0 aliphatic rings. The summed E-state index contributed by atoms with van der Waals surface area (Å²) < 4.78 is 7.14. The van der Waals surface area contributed by atoms with Crippen molar-refractivity contribution in [2.45, 2.75) is 13.5 Å². The number of nitrogens with zero attached hydrogens (tertiary/aromatic N) is 1. The third-order valence-corrected chi connectivity index (χ3v) is 3.37. The fourth-order valence-corrected chi connectivity index (χ4v) is 2.56. The number of aryl methyl sites for hydroxylation is 1. The van der Waals surface area contributed by atoms with Crippen molar-refractivity contribution in [3.8, 4) is 0 Å². The molecule has 0 fully saturated rings. The van der Waals surface area contributed by atoms with Crippen molar-refractivity contribution in [2.75, 3.05) is 7.11 Å². The first-order valence-electron chi connectivity index (χ1n) is 6.05. The fraction of sp³-hybridized carbons (Fsp3) is 0.200. The highest BCUT2D eigenvalue weighted by Crippen LogP contribution is 2.11. The van der Waals surface area contributed by atoms with Crippen LogP contribution in [-0.4, -0.2) is 17.6 Å². The Bertz CT molecular complexity index is 707. The molecule has 0 radical (unpaired) electrons. The average molecular weight is 336 g/mol. The molecule has 1 aromatic carbocycles. The van der Waals surface area contributed by atoms with E-state index in [1.54, 1.807) is 42.0 Å². The van der Waals surface area contributed by atoms with Crippen LogP contribution in [0.4, 0.5) is 0 Å². The molecule has 0 bridgehead atoms. The zero-order chi connectivity index (χ0) is 14.7. The summed E-state index contributed by atoms with van der Waals surface area (Å²) in [7, 11) is 1.34. The van der Waals surface area contributed by atoms with Gasteiger partial charge in [-0.1, -0.05) is 12.1 Å². The Morgan fingerprint density at radius 3 is 2.80 bits per heavy atom. The Morgan fingerprint density at radius 1 is 1.35 bits per heavy atom. The smallest absolute Gasteiger partial charge is 0.337 e. The highest BCUT2D eigenvalue weighted by atomic mass is 79.9. The molecule has 104 valence electrons. The molecule has 20 heavy (non-hydrogen) atoms. The summed E-state index contributed by atoms with van der Waals surface area (Å²) in [6.07, 6.45) is 1.74. The van der Waals surface area contributed by atoms with Crippen molar-refractivity contribution in [3.63, 3.8) is 0 Å². The fourth-order valence-electron chi connectivity index (χ4n) is 1.97. The lowest BCUT2D eigenvalue weighted by atomic mass is 10.1. The summed E-state index contributed by atoms with van der Waals surface area (Å²) in [6, 6.07) is 8.84. The van der Waals surface area contributed by atoms with E-state index in [0.29, 0.717) is 17.7 Å². The summed E-state index contributed by atoms with van der Waals surface area (Å²) >= 11 is 3.38. The molecule has 0 atom stereocenters. The van der Waals surface area contributed by atoms with Gasteiger partial charge in [0.25, 0.3) is 5.56 Å². The first kappa shape index (κ1) is 14.5. The van der Waals surface area contributed by atoms with Gasteiger partial charge in [-0.2, -0.15) is 0 Å². The second kappa shape index (κ2) is 6.05. The SMILES string of the molecule is COC(=O)c1cccc(Cn2cc(Br)cc(C)c2=O)c1. The van der Waals surface area contributed by atoms with Gasteiger partial charge in [0.1, 0.15) is 0 Å². The van der Waals surface area contributed by atoms with Gasteiger partial charge in [0.2, 0.25) is 0 Å². The zero-order valence-corrected chi connectivity index (χ0v) is 12.8. The normalized spacial score (nSPS) is 10.3. The number of carbonyl (C=O) groups excluding carboxylic acids is 1. The lowest BCUT2D eigenvalue weighted by Crippen LogP contribution is -2.22. The number of hydrogen-bond acceptors (Lipinski definition) is 3. The molecule has 2 rings (SSSR count). The van der Waals surface area contributed by atoms with Gasteiger partial charge in [0, 0.05) is 16.2 Å². The molecule has 0 saturated heterocycles. The molecule has 0 spiro atoms. The molecular weight excluding hydrogens is 322 g/mol. The van der Waals surface area contributed by atoms with Crippen LogP contribution in [-0.2, 0) is 11.3 Å². The molecule has 0 aliphatic heterocycles. The van der Waals surface area contributed by atoms with Crippen molar-refractivity contribution in [1.29, 1.82) is 0 Å². The summed E-state index contributed by atoms with van der Waals surface area (Å²) in [4.78, 5) is 23.5. The van der Waals surface area contributed by atoms with Gasteiger partial charge >= 0.3 is 5.97 Å². The van der Waals surface area contributed by atoms with Crippen LogP contribution < -0.4 is 5.56 Å². The van der Waals surface area contributed by atoms with Crippen molar-refractivity contribution in [3.05, 3.63) is 68.0 Å². The molecular formula is C15H14BrNO3. The monoisotopic (exact) mass is 335 g/mol. The number of pyridine rings is 1. The van der Waals surface area contributed by atoms with Crippen molar-refractivity contribution < 1.29 is 9.53 Å². The summed E-state index contributed by atoms with van der Waals surface area (Å²) in [5, 5.41) is 0. The third-order valence-electron chi connectivity index (χ3n) is 2.93. The standard InChI is InChI=1S/C15H14BrNO3/c1-10-6-13(16)9-17(14(10)18)8-11-4-3-5-12(7-11)15(19)20-2/h3-7,9H,8H2,1-2H3. The van der Waals surface area contributed by atoms with Crippen LogP contribution in [0, 0.1) is 6.92 Å². The van der Waals surface area contributed by atoms with Gasteiger partial charge in [-0.25, -0.2) is 4.79 Å². The van der Waals surface area contributed by atoms with Crippen LogP contribution in [0.3, 0.4) is 0 Å². The van der Waals surface area contributed by atoms with Crippen LogP contribution in [0.15, 0.2) is 45.8 Å². The molecule has 1 aromatic heterocycles. The highest BCUT2D eigenvalue weighted by molar-refractivity contribution is 9.10. The molecule has 2 aromatic rings. The minimum atomic E-state index is -0.385. The Balaban J connectivity index is 2.36. The van der Waals surface area contributed by atoms with Gasteiger partial charge in [-0.15, -0.1) is 0 Å². The van der Waals surface area contributed by atoms with Crippen LogP contribution >= 0.6 is 15.9 Å². The number of benzene rings is 1. The number of aromatic nitrogens is 1. The van der Waals surface area contributed by atoms with Gasteiger partial charge in [0.05, 0.1) is 19.2 Å². The molecule has 5 heteroatoms. The molecule has 1 heterocycles. The second-order valence-corrected chi connectivity index (χ2v) is 5.38. The minimum Gasteiger partial charge on any atom is -0.465 e. The minimum absolute atomic E-state index is 0.0447. The van der Waals surface area contributed by atoms with E-state index in [-0.39, 0.29) is 11.5 Å². The zero-order valence-electron chi connectivity index (χ0n) is 11.2. The van der Waals surface area contributed by atoms with E-state index in [1.807, 2.05) is 6.07 Å². The third kappa shape index (κ3) is 3.17. The average Bonchev–Trinajstić information content (AvgIpc) is 2.43. The van der Waals surface area contributed by atoms with E-state index < -0.39 is 0 Å². The first-order valence-corrected chi connectivity index (χ1v) is 6.84. The predicted octanol–water partition coefficient (Wildman–Crippen LogP) is 2.75. The quantitative estimate of drug-likeness (QED) is 0.810. The van der Waals surface area contributed by atoms with Gasteiger partial charge in [-0.05, 0) is 46.6 Å². The maximum atomic E-state index is 12.1. The van der Waals surface area contributed by atoms with Crippen molar-refractivity contribution in [2.24, 2.45) is 0 Å². The Kier molecular flexibility index (Phi) is 4.39. The number of esters is 1. The second-order valence-electron chi connectivity index (χ2n) is 4.47. The number of methoxy groups -OCH3 is 1. The van der Waals surface area contributed by atoms with Crippen LogP contribution in [0.25, 0.3) is 0 Å². The number of hydrogen-bond donors (Lipinski definition) is 0. The molecule has 0 saturated carbocycles. The van der Waals surface area contributed by atoms with E-state index in [4.69, 9.17) is 0 Å². The largest absolute Gasteiger partial charge is 0.465 e. The lowest BCUT2D eigenvalue weighted by molar-refractivity contribution is 0.0600. The Labute approximate surface area is 125 Å². The predicted molar refractivity (Wildman–Crippen MR) is 80.0 cm³/mol. The number of rotatable bonds is 3. The Hall–Kier alpha value is -1.88. The number of carbonyl (C=O) groups is 1. The summed E-state index contributed by atoms with van der Waals surface area (Å²) in [6.45, 7) is 2.18. The van der Waals surface area contributed by atoms with E-state index in [1.165, 1.54) is 7.11 Å². The maximum absolute atomic E-state index is 12.1. The Morgan fingerprint density at radius 2 is 2.10 bits per heavy atom. The summed E-state index contributed by atoms with van der Waals surface area (Å²) in [5.74, 6) is -0.385. The van der Waals surface area contributed by atoms with Crippen LogP contribution in [0.5, 0.6) is 0 Å². The highest BCUT2D eigenvalue weighted by Gasteiger charge is 2.07. The van der Waals surface area contributed by atoms with E-state index in [2.05, 4.69) is 20.7 Å². The van der Waals surface area contributed by atoms with Crippen molar-refractivity contribution in [1.82, 2.24) is 4.57 Å². The van der Waals surface area contributed by atoms with Gasteiger partial charge in [-0.3, -0.25) is 4.79 Å². The topological polar surface area (TPSA) is 48.3 Å². The molecule has 0 N–H and O–H groups in total. The molecule has 4 nitrogen and oxygen atoms in total. The van der Waals surface area contributed by atoms with Gasteiger partial charge < -0.3 is 9.30 Å². The van der Waals surface area contributed by atoms with Crippen LogP contribution in [0.1, 0.15) is 21.5 Å². The van der Waals surface area contributed by atoms with E-state index in [9.17, 15) is 9.59 Å². The van der Waals surface area contributed by atoms with Gasteiger partial charge in [0.15, 0.2) is 0 Å². The number of ether oxygens (including phenoxy) is 1. The molecule has 0 unspecified atom stereocenters. The van der Waals surface area contributed by atoms with Crippen molar-refractivity contribution >= 4 is 21.9 Å². The molecule has 0 amide bonds. The number of halogens is 1. The van der Waals surface area contributed by atoms with E-state index in [0.717, 1.165) is 10.0 Å². The lowest BCUT2D eigenvalue weighted by Gasteiger charge is -2.09. The molecule has 0 aliphatic carbocycles. The van der Waals surface area contributed by atoms with Crippen LogP contribution in [0.2, 0.25) is 0 Å². The maximum Gasteiger partial charge on any atom is 0.337 e.